The maximum Gasteiger partial charge on any atom is 0.103 e. The zero-order chi connectivity index (χ0) is 14.0. The van der Waals surface area contributed by atoms with Crippen LogP contribution in [0.2, 0.25) is 0 Å². The quantitative estimate of drug-likeness (QED) is 0.827. The van der Waals surface area contributed by atoms with Gasteiger partial charge in [-0.2, -0.15) is 0 Å². The van der Waals surface area contributed by atoms with E-state index >= 15 is 0 Å². The van der Waals surface area contributed by atoms with Crippen LogP contribution in [0.25, 0.3) is 0 Å². The van der Waals surface area contributed by atoms with Crippen molar-refractivity contribution in [1.82, 2.24) is 4.90 Å². The molecule has 2 nitrogen and oxygen atoms in total. The topological polar surface area (TPSA) is 12.5 Å². The molecular weight excluding hydrogens is 246 g/mol. The molecule has 0 saturated carbocycles. The molecule has 1 aromatic rings. The molecule has 0 radical (unpaired) electrons. The summed E-state index contributed by atoms with van der Waals surface area (Å²) in [6.07, 6.45) is 7.15. The Bertz CT molecular complexity index is 481. The van der Waals surface area contributed by atoms with Gasteiger partial charge >= 0.3 is 0 Å². The third kappa shape index (κ3) is 2.49. The fourth-order valence-corrected chi connectivity index (χ4v) is 3.53. The number of ether oxygens (including phenoxy) is 1. The first kappa shape index (κ1) is 13.7. The number of likely N-dealkylation sites (N-methyl/N-ethyl adjacent to an activating group) is 1. The highest BCUT2D eigenvalue weighted by molar-refractivity contribution is 5.35. The maximum absolute atomic E-state index is 6.25. The molecule has 1 fully saturated rings. The largest absolute Gasteiger partial charge is 0.496 e. The monoisotopic (exact) mass is 271 g/mol. The summed E-state index contributed by atoms with van der Waals surface area (Å²) in [4.78, 5) is 2.43. The van der Waals surface area contributed by atoms with Crippen molar-refractivity contribution in [3.8, 4) is 0 Å². The zero-order valence-electron chi connectivity index (χ0n) is 12.6. The van der Waals surface area contributed by atoms with Gasteiger partial charge in [0.1, 0.15) is 12.4 Å². The molecule has 1 aliphatic carbocycles. The van der Waals surface area contributed by atoms with Gasteiger partial charge in [-0.3, -0.25) is 0 Å². The van der Waals surface area contributed by atoms with E-state index in [-0.39, 0.29) is 5.41 Å². The fraction of sp³-hybridized carbons (Fsp3) is 0.556. The van der Waals surface area contributed by atoms with E-state index in [9.17, 15) is 0 Å². The molecule has 0 unspecified atom stereocenters. The summed E-state index contributed by atoms with van der Waals surface area (Å²) in [6, 6.07) is 11.4. The van der Waals surface area contributed by atoms with Crippen molar-refractivity contribution >= 4 is 0 Å². The second-order valence-electron chi connectivity index (χ2n) is 6.39. The molecule has 2 atom stereocenters. The van der Waals surface area contributed by atoms with Crippen molar-refractivity contribution in [2.75, 3.05) is 20.2 Å². The Balaban J connectivity index is 1.69. The lowest BCUT2D eigenvalue weighted by molar-refractivity contribution is 0.116. The minimum Gasteiger partial charge on any atom is -0.496 e. The highest BCUT2D eigenvalue weighted by Gasteiger charge is 2.36. The first-order valence-corrected chi connectivity index (χ1v) is 7.79. The lowest BCUT2D eigenvalue weighted by Crippen LogP contribution is -2.31. The average Bonchev–Trinajstić information content (AvgIpc) is 3.05. The van der Waals surface area contributed by atoms with Crippen LogP contribution in [0, 0.1) is 0 Å². The molecule has 1 aromatic carbocycles. The van der Waals surface area contributed by atoms with E-state index in [4.69, 9.17) is 4.74 Å². The number of rotatable bonds is 4. The Morgan fingerprint density at radius 2 is 2.10 bits per heavy atom. The minimum atomic E-state index is 0.0679. The van der Waals surface area contributed by atoms with Gasteiger partial charge in [-0.25, -0.2) is 0 Å². The van der Waals surface area contributed by atoms with Crippen LogP contribution in [0.5, 0.6) is 0 Å². The Morgan fingerprint density at radius 3 is 2.80 bits per heavy atom. The minimum absolute atomic E-state index is 0.0679. The van der Waals surface area contributed by atoms with E-state index in [0.717, 1.165) is 19.4 Å². The average molecular weight is 271 g/mol. The van der Waals surface area contributed by atoms with Crippen LogP contribution in [0.1, 0.15) is 38.2 Å². The van der Waals surface area contributed by atoms with Crippen molar-refractivity contribution in [2.45, 2.75) is 44.1 Å². The summed E-state index contributed by atoms with van der Waals surface area (Å²) in [7, 11) is 2.21. The van der Waals surface area contributed by atoms with E-state index < -0.39 is 0 Å². The molecule has 0 amide bonds. The lowest BCUT2D eigenvalue weighted by atomic mass is 9.81. The second-order valence-corrected chi connectivity index (χ2v) is 6.39. The summed E-state index contributed by atoms with van der Waals surface area (Å²) < 4.78 is 6.25. The van der Waals surface area contributed by atoms with Crippen LogP contribution in [-0.2, 0) is 10.2 Å². The molecule has 20 heavy (non-hydrogen) atoms. The van der Waals surface area contributed by atoms with Crippen LogP contribution >= 0.6 is 0 Å². The van der Waals surface area contributed by atoms with Gasteiger partial charge in [0.25, 0.3) is 0 Å². The van der Waals surface area contributed by atoms with E-state index in [2.05, 4.69) is 55.3 Å². The number of likely N-dealkylation sites (tertiary alicyclic amines) is 1. The van der Waals surface area contributed by atoms with Crippen LogP contribution < -0.4 is 0 Å². The molecule has 2 aliphatic rings. The maximum atomic E-state index is 6.25. The predicted molar refractivity (Wildman–Crippen MR) is 82.7 cm³/mol. The van der Waals surface area contributed by atoms with E-state index in [1.807, 2.05) is 0 Å². The van der Waals surface area contributed by atoms with Gasteiger partial charge in [-0.1, -0.05) is 30.3 Å². The highest BCUT2D eigenvalue weighted by atomic mass is 16.5. The van der Waals surface area contributed by atoms with E-state index in [1.54, 1.807) is 0 Å². The smallest absolute Gasteiger partial charge is 0.103 e. The third-order valence-corrected chi connectivity index (χ3v) is 5.03. The van der Waals surface area contributed by atoms with Crippen molar-refractivity contribution < 1.29 is 4.74 Å². The Kier molecular flexibility index (Phi) is 3.84. The molecule has 1 saturated heterocycles. The fourth-order valence-electron chi connectivity index (χ4n) is 3.53. The molecule has 0 bridgehead atoms. The number of hydrogen-bond acceptors (Lipinski definition) is 2. The first-order valence-electron chi connectivity index (χ1n) is 7.79. The first-order chi connectivity index (χ1) is 9.70. The van der Waals surface area contributed by atoms with Gasteiger partial charge in [0.15, 0.2) is 0 Å². The molecule has 0 aromatic heterocycles. The van der Waals surface area contributed by atoms with Crippen molar-refractivity contribution in [3.63, 3.8) is 0 Å². The van der Waals surface area contributed by atoms with Gasteiger partial charge in [0.05, 0.1) is 0 Å². The Hall–Kier alpha value is -1.28. The summed E-state index contributed by atoms with van der Waals surface area (Å²) in [6.45, 7) is 4.37. The number of allylic oxidation sites excluding steroid dienone is 2. The summed E-state index contributed by atoms with van der Waals surface area (Å²) in [5, 5.41) is 0. The molecule has 1 aliphatic heterocycles. The van der Waals surface area contributed by atoms with E-state index in [0.29, 0.717) is 6.04 Å². The van der Waals surface area contributed by atoms with Crippen molar-refractivity contribution in [1.29, 1.82) is 0 Å². The van der Waals surface area contributed by atoms with Gasteiger partial charge < -0.3 is 9.64 Å². The highest BCUT2D eigenvalue weighted by Crippen LogP contribution is 2.42. The van der Waals surface area contributed by atoms with Gasteiger partial charge in [0.2, 0.25) is 0 Å². The normalized spacial score (nSPS) is 30.5. The number of hydrogen-bond donors (Lipinski definition) is 0. The third-order valence-electron chi connectivity index (χ3n) is 5.03. The zero-order valence-corrected chi connectivity index (χ0v) is 12.6. The molecule has 3 rings (SSSR count). The molecule has 1 heterocycles. The molecule has 2 heteroatoms. The standard InChI is InChI=1S/C18H25NO/c1-18(15-8-4-3-5-9-15)12-6-11-17(18)20-14-16-10-7-13-19(16)2/h3-5,8-9,11,16H,6-7,10,12-14H2,1-2H3/t16-,18+/m0/s1. The summed E-state index contributed by atoms with van der Waals surface area (Å²) in [5.74, 6) is 1.18. The summed E-state index contributed by atoms with van der Waals surface area (Å²) >= 11 is 0. The SMILES string of the molecule is CN1CCC[C@H]1COC1=CCC[C@]1(C)c1ccccc1. The molecule has 108 valence electrons. The Morgan fingerprint density at radius 1 is 1.30 bits per heavy atom. The van der Waals surface area contributed by atoms with E-state index in [1.165, 1.54) is 30.7 Å². The molecule has 0 N–H and O–H groups in total. The van der Waals surface area contributed by atoms with Gasteiger partial charge in [0, 0.05) is 11.5 Å². The number of nitrogens with zero attached hydrogens (tertiary/aromatic N) is 1. The number of benzene rings is 1. The lowest BCUT2D eigenvalue weighted by Gasteiger charge is -2.30. The van der Waals surface area contributed by atoms with Gasteiger partial charge in [-0.05, 0) is 57.8 Å². The predicted octanol–water partition coefficient (Wildman–Crippen LogP) is 3.73. The van der Waals surface area contributed by atoms with Crippen molar-refractivity contribution in [2.24, 2.45) is 0 Å². The molecule has 0 spiro atoms. The van der Waals surface area contributed by atoms with Crippen LogP contribution in [0.15, 0.2) is 42.2 Å². The van der Waals surface area contributed by atoms with Crippen molar-refractivity contribution in [3.05, 3.63) is 47.7 Å². The van der Waals surface area contributed by atoms with Crippen LogP contribution in [-0.4, -0.2) is 31.1 Å². The van der Waals surface area contributed by atoms with Crippen LogP contribution in [0.4, 0.5) is 0 Å². The molecular formula is C18H25NO. The van der Waals surface area contributed by atoms with Crippen LogP contribution in [0.3, 0.4) is 0 Å². The summed E-state index contributed by atoms with van der Waals surface area (Å²) in [5.41, 5.74) is 1.45. The second kappa shape index (κ2) is 5.61. The Labute approximate surface area is 122 Å². The van der Waals surface area contributed by atoms with Gasteiger partial charge in [-0.15, -0.1) is 0 Å².